The summed E-state index contributed by atoms with van der Waals surface area (Å²) in [6, 6.07) is 9.57. The van der Waals surface area contributed by atoms with Crippen molar-refractivity contribution in [2.45, 2.75) is 58.9 Å². The van der Waals surface area contributed by atoms with Gasteiger partial charge in [0.1, 0.15) is 0 Å². The van der Waals surface area contributed by atoms with Crippen LogP contribution in [-0.4, -0.2) is 12.6 Å². The van der Waals surface area contributed by atoms with Gasteiger partial charge >= 0.3 is 0 Å². The molecule has 1 aromatic rings. The van der Waals surface area contributed by atoms with Gasteiger partial charge in [0.15, 0.2) is 0 Å². The van der Waals surface area contributed by atoms with E-state index in [0.717, 1.165) is 17.8 Å². The second-order valence-corrected chi connectivity index (χ2v) is 6.70. The summed E-state index contributed by atoms with van der Waals surface area (Å²) < 4.78 is 0. The first-order chi connectivity index (χ1) is 9.08. The van der Waals surface area contributed by atoms with Crippen LogP contribution in [0.15, 0.2) is 24.3 Å². The number of rotatable bonds is 4. The molecule has 1 saturated carbocycles. The largest absolute Gasteiger partial charge is 0.314 e. The summed E-state index contributed by atoms with van der Waals surface area (Å²) in [5, 5.41) is 3.65. The minimum Gasteiger partial charge on any atom is -0.314 e. The third-order valence-electron chi connectivity index (χ3n) is 4.63. The third kappa shape index (κ3) is 3.82. The van der Waals surface area contributed by atoms with E-state index in [1.165, 1.54) is 31.4 Å². The maximum Gasteiger partial charge on any atom is 0.00104 e. The number of nitrogens with one attached hydrogen (secondary N) is 1. The van der Waals surface area contributed by atoms with Crippen LogP contribution in [-0.2, 0) is 0 Å². The van der Waals surface area contributed by atoms with Gasteiger partial charge in [0.25, 0.3) is 0 Å². The van der Waals surface area contributed by atoms with Crippen molar-refractivity contribution in [2.75, 3.05) is 6.54 Å². The van der Waals surface area contributed by atoms with Gasteiger partial charge in [-0.05, 0) is 55.2 Å². The molecule has 19 heavy (non-hydrogen) atoms. The van der Waals surface area contributed by atoms with Crippen LogP contribution in [0.1, 0.15) is 57.1 Å². The number of benzene rings is 1. The van der Waals surface area contributed by atoms with E-state index in [1.54, 1.807) is 5.56 Å². The number of hydrogen-bond donors (Lipinski definition) is 1. The van der Waals surface area contributed by atoms with Gasteiger partial charge in [-0.15, -0.1) is 0 Å². The number of hydrogen-bond acceptors (Lipinski definition) is 1. The van der Waals surface area contributed by atoms with Crippen LogP contribution < -0.4 is 5.32 Å². The van der Waals surface area contributed by atoms with Crippen LogP contribution in [0.25, 0.3) is 0 Å². The van der Waals surface area contributed by atoms with E-state index in [4.69, 9.17) is 0 Å². The molecular weight excluding hydrogens is 230 g/mol. The van der Waals surface area contributed by atoms with Gasteiger partial charge in [0.2, 0.25) is 0 Å². The monoisotopic (exact) mass is 259 g/mol. The topological polar surface area (TPSA) is 12.0 Å². The Balaban J connectivity index is 2.14. The molecule has 1 nitrogen and oxygen atoms in total. The Morgan fingerprint density at radius 1 is 1.21 bits per heavy atom. The zero-order valence-electron chi connectivity index (χ0n) is 12.9. The van der Waals surface area contributed by atoms with E-state index >= 15 is 0 Å². The summed E-state index contributed by atoms with van der Waals surface area (Å²) in [6.45, 7) is 10.3. The summed E-state index contributed by atoms with van der Waals surface area (Å²) >= 11 is 0. The molecule has 0 aromatic heterocycles. The van der Waals surface area contributed by atoms with Crippen molar-refractivity contribution in [1.29, 1.82) is 0 Å². The molecule has 2 rings (SSSR count). The zero-order chi connectivity index (χ0) is 13.8. The quantitative estimate of drug-likeness (QED) is 0.838. The lowest BCUT2D eigenvalue weighted by Gasteiger charge is -2.36. The Morgan fingerprint density at radius 2 is 1.95 bits per heavy atom. The number of aryl methyl sites for hydroxylation is 1. The predicted molar refractivity (Wildman–Crippen MR) is 83.6 cm³/mol. The van der Waals surface area contributed by atoms with Crippen molar-refractivity contribution in [3.05, 3.63) is 35.4 Å². The van der Waals surface area contributed by atoms with Gasteiger partial charge in [-0.25, -0.2) is 0 Å². The molecule has 1 aliphatic carbocycles. The molecular formula is C18H29N. The fourth-order valence-corrected chi connectivity index (χ4v) is 3.46. The fourth-order valence-electron chi connectivity index (χ4n) is 3.46. The lowest BCUT2D eigenvalue weighted by Crippen LogP contribution is -2.34. The van der Waals surface area contributed by atoms with E-state index < -0.39 is 0 Å². The first-order valence-electron chi connectivity index (χ1n) is 7.86. The Kier molecular flexibility index (Phi) is 5.04. The molecule has 0 bridgehead atoms. The highest BCUT2D eigenvalue weighted by molar-refractivity contribution is 5.30. The molecule has 0 spiro atoms. The second kappa shape index (κ2) is 6.56. The molecule has 1 fully saturated rings. The van der Waals surface area contributed by atoms with E-state index in [2.05, 4.69) is 57.3 Å². The minimum atomic E-state index is 0.594. The van der Waals surface area contributed by atoms with Crippen LogP contribution >= 0.6 is 0 Å². The Hall–Kier alpha value is -0.820. The highest BCUT2D eigenvalue weighted by Gasteiger charge is 2.30. The lowest BCUT2D eigenvalue weighted by atomic mass is 9.70. The van der Waals surface area contributed by atoms with E-state index in [-0.39, 0.29) is 0 Å². The van der Waals surface area contributed by atoms with Gasteiger partial charge in [0.05, 0.1) is 0 Å². The second-order valence-electron chi connectivity index (χ2n) is 6.70. The fraction of sp³-hybridized carbons (Fsp3) is 0.667. The minimum absolute atomic E-state index is 0.594. The van der Waals surface area contributed by atoms with Gasteiger partial charge in [-0.3, -0.25) is 0 Å². The van der Waals surface area contributed by atoms with E-state index in [0.29, 0.717) is 6.04 Å². The van der Waals surface area contributed by atoms with Gasteiger partial charge < -0.3 is 5.32 Å². The molecule has 0 heterocycles. The average Bonchev–Trinajstić information content (AvgIpc) is 2.37. The van der Waals surface area contributed by atoms with E-state index in [9.17, 15) is 0 Å². The summed E-state index contributed by atoms with van der Waals surface area (Å²) in [4.78, 5) is 0. The van der Waals surface area contributed by atoms with Crippen LogP contribution in [0.2, 0.25) is 0 Å². The summed E-state index contributed by atoms with van der Waals surface area (Å²) in [6.07, 6.45) is 4.13. The molecule has 0 amide bonds. The molecule has 3 atom stereocenters. The van der Waals surface area contributed by atoms with Crippen molar-refractivity contribution in [3.63, 3.8) is 0 Å². The molecule has 0 aliphatic heterocycles. The first-order valence-corrected chi connectivity index (χ1v) is 7.86. The molecule has 106 valence electrons. The van der Waals surface area contributed by atoms with Crippen molar-refractivity contribution >= 4 is 0 Å². The zero-order valence-corrected chi connectivity index (χ0v) is 12.9. The van der Waals surface area contributed by atoms with Crippen LogP contribution in [0.4, 0.5) is 0 Å². The van der Waals surface area contributed by atoms with Gasteiger partial charge in [-0.2, -0.15) is 0 Å². The third-order valence-corrected chi connectivity index (χ3v) is 4.63. The smallest absolute Gasteiger partial charge is 0.00104 e. The van der Waals surface area contributed by atoms with Gasteiger partial charge in [-0.1, -0.05) is 51.5 Å². The van der Waals surface area contributed by atoms with Crippen LogP contribution in [0.3, 0.4) is 0 Å². The lowest BCUT2D eigenvalue weighted by molar-refractivity contribution is 0.237. The normalized spacial score (nSPS) is 27.7. The highest BCUT2D eigenvalue weighted by Crippen LogP contribution is 2.41. The SMILES string of the molecule is Cc1ccccc1C1CC(C)CCC1CNC(C)C. The Morgan fingerprint density at radius 3 is 2.63 bits per heavy atom. The molecule has 0 saturated heterocycles. The van der Waals surface area contributed by atoms with Gasteiger partial charge in [0, 0.05) is 6.04 Å². The summed E-state index contributed by atoms with van der Waals surface area (Å²) in [5.74, 6) is 2.43. The maximum atomic E-state index is 3.65. The highest BCUT2D eigenvalue weighted by atomic mass is 14.9. The maximum absolute atomic E-state index is 3.65. The first kappa shape index (κ1) is 14.6. The molecule has 3 unspecified atom stereocenters. The van der Waals surface area contributed by atoms with Crippen LogP contribution in [0, 0.1) is 18.8 Å². The molecule has 1 heteroatoms. The molecule has 1 aromatic carbocycles. The van der Waals surface area contributed by atoms with E-state index in [1.807, 2.05) is 0 Å². The molecule has 0 radical (unpaired) electrons. The summed E-state index contributed by atoms with van der Waals surface area (Å²) in [5.41, 5.74) is 3.06. The average molecular weight is 259 g/mol. The molecule has 1 aliphatic rings. The summed E-state index contributed by atoms with van der Waals surface area (Å²) in [7, 11) is 0. The van der Waals surface area contributed by atoms with Crippen molar-refractivity contribution in [2.24, 2.45) is 11.8 Å². The Labute approximate surface area is 118 Å². The predicted octanol–water partition coefficient (Wildman–Crippen LogP) is 4.51. The standard InChI is InChI=1S/C18H29N/c1-13(2)19-12-16-10-9-14(3)11-18(16)17-8-6-5-7-15(17)4/h5-8,13-14,16,18-19H,9-12H2,1-4H3. The Bertz CT molecular complexity index is 396. The van der Waals surface area contributed by atoms with Crippen molar-refractivity contribution in [3.8, 4) is 0 Å². The molecule has 1 N–H and O–H groups in total. The van der Waals surface area contributed by atoms with Crippen molar-refractivity contribution in [1.82, 2.24) is 5.32 Å². The van der Waals surface area contributed by atoms with Crippen molar-refractivity contribution < 1.29 is 0 Å². The van der Waals surface area contributed by atoms with Crippen LogP contribution in [0.5, 0.6) is 0 Å².